The molecule has 0 fully saturated rings. The molecule has 5 heteroatoms. The van der Waals surface area contributed by atoms with Gasteiger partial charge in [-0.3, -0.25) is 0 Å². The van der Waals surface area contributed by atoms with E-state index in [1.807, 2.05) is 60.9 Å². The Labute approximate surface area is 128 Å². The molecule has 1 aromatic heterocycles. The summed E-state index contributed by atoms with van der Waals surface area (Å²) in [6.07, 6.45) is 3.64. The number of hydrogen-bond acceptors (Lipinski definition) is 4. The Morgan fingerprint density at radius 3 is 2.41 bits per heavy atom. The molecule has 0 amide bonds. The number of hydrogen-bond donors (Lipinski definition) is 0. The molecular weight excluding hydrogens is 278 g/mol. The maximum absolute atomic E-state index is 12.1. The van der Waals surface area contributed by atoms with Crippen LogP contribution < -0.4 is 9.67 Å². The molecule has 0 aliphatic carbocycles. The van der Waals surface area contributed by atoms with Crippen LogP contribution in [0.2, 0.25) is 0 Å². The number of rotatable bonds is 3. The molecule has 1 aromatic carbocycles. The molecule has 2 aromatic rings. The largest absolute Gasteiger partial charge is 0.612 e. The first-order valence-electron chi connectivity index (χ1n) is 7.03. The van der Waals surface area contributed by atoms with E-state index in [1.165, 1.54) is 0 Å². The van der Waals surface area contributed by atoms with Crippen molar-refractivity contribution in [1.29, 1.82) is 0 Å². The van der Waals surface area contributed by atoms with Crippen molar-refractivity contribution >= 4 is 11.7 Å². The van der Waals surface area contributed by atoms with Gasteiger partial charge in [-0.15, -0.1) is 0 Å². The average molecular weight is 293 g/mol. The zero-order chi connectivity index (χ0) is 15.4. The van der Waals surface area contributed by atoms with E-state index < -0.39 is 5.95 Å². The summed E-state index contributed by atoms with van der Waals surface area (Å²) in [5, 5.41) is 12.1. The zero-order valence-electron chi connectivity index (χ0n) is 12.1. The Bertz CT molecular complexity index is 750. The van der Waals surface area contributed by atoms with Crippen molar-refractivity contribution in [3.63, 3.8) is 0 Å². The van der Waals surface area contributed by atoms with Gasteiger partial charge >= 0.3 is 5.84 Å². The third-order valence-electron chi connectivity index (χ3n) is 3.10. The predicted molar refractivity (Wildman–Crippen MR) is 81.1 cm³/mol. The first-order valence-corrected chi connectivity index (χ1v) is 7.03. The van der Waals surface area contributed by atoms with Gasteiger partial charge in [0.1, 0.15) is 0 Å². The van der Waals surface area contributed by atoms with Gasteiger partial charge in [-0.1, -0.05) is 31.2 Å². The second-order valence-corrected chi connectivity index (χ2v) is 4.59. The van der Waals surface area contributed by atoms with E-state index in [2.05, 4.69) is 9.98 Å². The standard InChI is InChI=1S/C17H15N3O2/c1-2-22-17(21)14-16(20-11-7-4-8-12-20)19-15(18-14)13-9-5-3-6-10-13/h3-12H,2H2,1H3. The molecule has 0 radical (unpaired) electrons. The molecule has 0 saturated heterocycles. The summed E-state index contributed by atoms with van der Waals surface area (Å²) in [6.45, 7) is 2.06. The smallest absolute Gasteiger partial charge is 0.358 e. The minimum atomic E-state index is -0.469. The van der Waals surface area contributed by atoms with Gasteiger partial charge in [0.05, 0.1) is 18.3 Å². The third kappa shape index (κ3) is 2.74. The quantitative estimate of drug-likeness (QED) is 0.631. The van der Waals surface area contributed by atoms with E-state index in [4.69, 9.17) is 4.74 Å². The Morgan fingerprint density at radius 1 is 1.05 bits per heavy atom. The number of amidine groups is 1. The van der Waals surface area contributed by atoms with Gasteiger partial charge in [0.25, 0.3) is 5.84 Å². The van der Waals surface area contributed by atoms with E-state index in [1.54, 1.807) is 11.5 Å². The van der Waals surface area contributed by atoms with Crippen LogP contribution in [0.4, 0.5) is 0 Å². The highest BCUT2D eigenvalue weighted by atomic mass is 16.6. The van der Waals surface area contributed by atoms with Crippen LogP contribution in [0, 0.1) is 0 Å². The van der Waals surface area contributed by atoms with Crippen LogP contribution in [-0.4, -0.2) is 18.3 Å². The monoisotopic (exact) mass is 293 g/mol. The first-order chi connectivity index (χ1) is 10.8. The van der Waals surface area contributed by atoms with E-state index in [-0.39, 0.29) is 5.70 Å². The number of ether oxygens (including phenoxy) is 1. The highest BCUT2D eigenvalue weighted by molar-refractivity contribution is 6.14. The SMILES string of the molecule is CCO/C([O-])=C1/N=C(c2ccccc2)N=C1[n+]1ccccc1. The second kappa shape index (κ2) is 6.22. The van der Waals surface area contributed by atoms with Crippen LogP contribution in [-0.2, 0) is 4.74 Å². The van der Waals surface area contributed by atoms with E-state index in [9.17, 15) is 5.11 Å². The fourth-order valence-corrected chi connectivity index (χ4v) is 2.11. The maximum Gasteiger partial charge on any atom is 0.358 e. The van der Waals surface area contributed by atoms with Crippen LogP contribution in [0.5, 0.6) is 0 Å². The predicted octanol–water partition coefficient (Wildman–Crippen LogP) is 1.25. The van der Waals surface area contributed by atoms with E-state index >= 15 is 0 Å². The molecule has 0 saturated carbocycles. The summed E-state index contributed by atoms with van der Waals surface area (Å²) in [6, 6.07) is 15.2. The van der Waals surface area contributed by atoms with Crippen molar-refractivity contribution in [1.82, 2.24) is 0 Å². The fourth-order valence-electron chi connectivity index (χ4n) is 2.11. The molecule has 0 unspecified atom stereocenters. The number of benzene rings is 1. The highest BCUT2D eigenvalue weighted by Crippen LogP contribution is 2.16. The van der Waals surface area contributed by atoms with Crippen molar-refractivity contribution < 1.29 is 14.4 Å². The molecule has 0 spiro atoms. The van der Waals surface area contributed by atoms with Crippen molar-refractivity contribution in [3.8, 4) is 0 Å². The Balaban J connectivity index is 2.09. The van der Waals surface area contributed by atoms with Gasteiger partial charge in [-0.2, -0.15) is 4.99 Å². The summed E-state index contributed by atoms with van der Waals surface area (Å²) < 4.78 is 6.84. The van der Waals surface area contributed by atoms with Gasteiger partial charge in [0, 0.05) is 5.56 Å². The van der Waals surface area contributed by atoms with Gasteiger partial charge in [0.15, 0.2) is 5.70 Å². The van der Waals surface area contributed by atoms with Crippen molar-refractivity contribution in [2.45, 2.75) is 6.92 Å². The summed E-state index contributed by atoms with van der Waals surface area (Å²) in [5.74, 6) is 0.511. The molecule has 1 aliphatic heterocycles. The third-order valence-corrected chi connectivity index (χ3v) is 3.10. The Morgan fingerprint density at radius 2 is 1.73 bits per heavy atom. The Hall–Kier alpha value is -2.95. The molecule has 2 heterocycles. The van der Waals surface area contributed by atoms with E-state index in [0.717, 1.165) is 5.56 Å². The van der Waals surface area contributed by atoms with Crippen LogP contribution in [0.15, 0.2) is 82.6 Å². The van der Waals surface area contributed by atoms with Crippen LogP contribution >= 0.6 is 0 Å². The van der Waals surface area contributed by atoms with Crippen LogP contribution in [0.3, 0.4) is 0 Å². The van der Waals surface area contributed by atoms with Gasteiger partial charge in [-0.25, -0.2) is 4.57 Å². The number of nitrogens with zero attached hydrogens (tertiary/aromatic N) is 3. The van der Waals surface area contributed by atoms with Gasteiger partial charge < -0.3 is 9.84 Å². The topological polar surface area (TPSA) is 60.9 Å². The molecule has 3 rings (SSSR count). The highest BCUT2D eigenvalue weighted by Gasteiger charge is 2.30. The summed E-state index contributed by atoms with van der Waals surface area (Å²) in [4.78, 5) is 8.87. The van der Waals surface area contributed by atoms with Crippen LogP contribution in [0.25, 0.3) is 0 Å². The van der Waals surface area contributed by atoms with Crippen LogP contribution in [0.1, 0.15) is 12.5 Å². The first kappa shape index (κ1) is 14.0. The summed E-state index contributed by atoms with van der Waals surface area (Å²) >= 11 is 0. The number of allylic oxidation sites excluding steroid dienone is 1. The van der Waals surface area contributed by atoms with Gasteiger partial charge in [0.2, 0.25) is 0 Å². The number of aliphatic imine (C=N–C) groups is 2. The van der Waals surface area contributed by atoms with Crippen molar-refractivity contribution in [2.75, 3.05) is 6.61 Å². The second-order valence-electron chi connectivity index (χ2n) is 4.59. The number of pyridine rings is 1. The molecule has 0 atom stereocenters. The average Bonchev–Trinajstić information content (AvgIpc) is 3.02. The lowest BCUT2D eigenvalue weighted by Crippen LogP contribution is -2.43. The molecule has 0 bridgehead atoms. The lowest BCUT2D eigenvalue weighted by molar-refractivity contribution is -0.554. The van der Waals surface area contributed by atoms with Crippen molar-refractivity contribution in [3.05, 3.63) is 78.1 Å². The maximum atomic E-state index is 12.1. The Kier molecular flexibility index (Phi) is 3.96. The summed E-state index contributed by atoms with van der Waals surface area (Å²) in [7, 11) is 0. The lowest BCUT2D eigenvalue weighted by Gasteiger charge is -2.13. The minimum Gasteiger partial charge on any atom is -0.612 e. The molecule has 5 nitrogen and oxygen atoms in total. The minimum absolute atomic E-state index is 0.219. The molecule has 22 heavy (non-hydrogen) atoms. The lowest BCUT2D eigenvalue weighted by atomic mass is 10.2. The molecule has 0 N–H and O–H groups in total. The number of aromatic nitrogens is 1. The normalized spacial score (nSPS) is 16.0. The van der Waals surface area contributed by atoms with Gasteiger partial charge in [-0.05, 0) is 35.9 Å². The zero-order valence-corrected chi connectivity index (χ0v) is 12.1. The fraction of sp³-hybridized carbons (Fsp3) is 0.118. The molecular formula is C17H15N3O2. The summed E-state index contributed by atoms with van der Waals surface area (Å²) in [5.41, 5.74) is 1.08. The van der Waals surface area contributed by atoms with E-state index in [0.29, 0.717) is 18.3 Å². The molecule has 110 valence electrons. The molecule has 1 aliphatic rings. The van der Waals surface area contributed by atoms with Crippen molar-refractivity contribution in [2.24, 2.45) is 9.98 Å².